The molecular formula is C29H32Cl3N3O4S. The van der Waals surface area contributed by atoms with Crippen molar-refractivity contribution in [1.29, 1.82) is 0 Å². The van der Waals surface area contributed by atoms with E-state index in [1.165, 1.54) is 11.0 Å². The molecule has 0 aliphatic rings. The highest BCUT2D eigenvalue weighted by molar-refractivity contribution is 7.92. The molecule has 214 valence electrons. The molecule has 3 rings (SSSR count). The lowest BCUT2D eigenvalue weighted by atomic mass is 10.0. The quantitative estimate of drug-likeness (QED) is 0.269. The van der Waals surface area contributed by atoms with Crippen LogP contribution < -0.4 is 9.62 Å². The topological polar surface area (TPSA) is 86.8 Å². The second kappa shape index (κ2) is 14.2. The van der Waals surface area contributed by atoms with Crippen molar-refractivity contribution in [3.8, 4) is 0 Å². The van der Waals surface area contributed by atoms with Gasteiger partial charge in [0.15, 0.2) is 0 Å². The molecule has 40 heavy (non-hydrogen) atoms. The van der Waals surface area contributed by atoms with Crippen molar-refractivity contribution in [2.45, 2.75) is 45.3 Å². The highest BCUT2D eigenvalue weighted by Gasteiger charge is 2.34. The van der Waals surface area contributed by atoms with Gasteiger partial charge in [0.25, 0.3) is 0 Å². The van der Waals surface area contributed by atoms with Gasteiger partial charge in [0.2, 0.25) is 21.8 Å². The maximum Gasteiger partial charge on any atom is 0.244 e. The molecule has 0 unspecified atom stereocenters. The highest BCUT2D eigenvalue weighted by Crippen LogP contribution is 2.28. The minimum Gasteiger partial charge on any atom is -0.352 e. The second-order valence-corrected chi connectivity index (χ2v) is 12.6. The average molecular weight is 625 g/mol. The smallest absolute Gasteiger partial charge is 0.244 e. The molecule has 3 aromatic rings. The van der Waals surface area contributed by atoms with Crippen LogP contribution >= 0.6 is 34.8 Å². The average Bonchev–Trinajstić information content (AvgIpc) is 2.91. The number of amides is 2. The Morgan fingerprint density at radius 1 is 0.875 bits per heavy atom. The summed E-state index contributed by atoms with van der Waals surface area (Å²) in [6.07, 6.45) is 1.91. The Morgan fingerprint density at radius 3 is 2.12 bits per heavy atom. The fourth-order valence-electron chi connectivity index (χ4n) is 4.08. The number of rotatable bonds is 12. The van der Waals surface area contributed by atoms with Crippen molar-refractivity contribution < 1.29 is 18.0 Å². The zero-order chi connectivity index (χ0) is 29.4. The summed E-state index contributed by atoms with van der Waals surface area (Å²) < 4.78 is 26.6. The van der Waals surface area contributed by atoms with Gasteiger partial charge in [-0.2, -0.15) is 0 Å². The van der Waals surface area contributed by atoms with Gasteiger partial charge in [0.05, 0.1) is 27.0 Å². The van der Waals surface area contributed by atoms with E-state index in [1.807, 2.05) is 44.2 Å². The van der Waals surface area contributed by atoms with Gasteiger partial charge in [-0.1, -0.05) is 90.3 Å². The van der Waals surface area contributed by atoms with Crippen LogP contribution in [-0.2, 0) is 32.6 Å². The molecule has 1 N–H and O–H groups in total. The van der Waals surface area contributed by atoms with E-state index in [2.05, 4.69) is 5.32 Å². The van der Waals surface area contributed by atoms with E-state index in [9.17, 15) is 18.0 Å². The number of hydrogen-bond acceptors (Lipinski definition) is 4. The maximum absolute atomic E-state index is 14.1. The van der Waals surface area contributed by atoms with Crippen LogP contribution in [0.25, 0.3) is 0 Å². The van der Waals surface area contributed by atoms with Crippen LogP contribution in [0.3, 0.4) is 0 Å². The van der Waals surface area contributed by atoms with Crippen molar-refractivity contribution in [2.75, 3.05) is 17.1 Å². The number of benzene rings is 3. The molecule has 0 fully saturated rings. The van der Waals surface area contributed by atoms with Gasteiger partial charge in [-0.3, -0.25) is 13.9 Å². The molecule has 0 spiro atoms. The SMILES string of the molecule is CC[C@H](C)NC(=O)[C@H](Cc1ccccc1)N(Cc1ccc(Cl)c(Cl)c1)C(=O)CN(c1ccccc1Cl)S(C)(=O)=O. The number of hydrogen-bond donors (Lipinski definition) is 1. The maximum atomic E-state index is 14.1. The van der Waals surface area contributed by atoms with Crippen LogP contribution in [0.15, 0.2) is 72.8 Å². The summed E-state index contributed by atoms with van der Waals surface area (Å²) in [4.78, 5) is 29.1. The van der Waals surface area contributed by atoms with Gasteiger partial charge in [-0.25, -0.2) is 8.42 Å². The van der Waals surface area contributed by atoms with Crippen molar-refractivity contribution in [2.24, 2.45) is 0 Å². The van der Waals surface area contributed by atoms with Gasteiger partial charge in [0, 0.05) is 19.0 Å². The predicted molar refractivity (Wildman–Crippen MR) is 162 cm³/mol. The first-order chi connectivity index (χ1) is 18.9. The first kappa shape index (κ1) is 31.7. The molecule has 2 atom stereocenters. The fraction of sp³-hybridized carbons (Fsp3) is 0.310. The van der Waals surface area contributed by atoms with Gasteiger partial charge < -0.3 is 10.2 Å². The van der Waals surface area contributed by atoms with E-state index in [0.29, 0.717) is 22.0 Å². The van der Waals surface area contributed by atoms with Crippen molar-refractivity contribution in [3.05, 3.63) is 99.0 Å². The highest BCUT2D eigenvalue weighted by atomic mass is 35.5. The Morgan fingerprint density at radius 2 is 1.52 bits per heavy atom. The molecule has 0 radical (unpaired) electrons. The summed E-state index contributed by atoms with van der Waals surface area (Å²) in [5.74, 6) is -0.938. The fourth-order valence-corrected chi connectivity index (χ4v) is 5.55. The van der Waals surface area contributed by atoms with E-state index < -0.39 is 28.5 Å². The summed E-state index contributed by atoms with van der Waals surface area (Å²) in [5, 5.41) is 3.80. The third-order valence-electron chi connectivity index (χ3n) is 6.41. The van der Waals surface area contributed by atoms with Crippen molar-refractivity contribution in [1.82, 2.24) is 10.2 Å². The summed E-state index contributed by atoms with van der Waals surface area (Å²) in [6, 6.07) is 19.5. The van der Waals surface area contributed by atoms with E-state index >= 15 is 0 Å². The minimum atomic E-state index is -3.92. The van der Waals surface area contributed by atoms with Crippen LogP contribution in [-0.4, -0.2) is 50.0 Å². The molecule has 11 heteroatoms. The van der Waals surface area contributed by atoms with Crippen LogP contribution in [0.2, 0.25) is 15.1 Å². The van der Waals surface area contributed by atoms with E-state index in [0.717, 1.165) is 16.1 Å². The Kier molecular flexibility index (Phi) is 11.3. The summed E-state index contributed by atoms with van der Waals surface area (Å²) in [6.45, 7) is 3.25. The number of carbonyl (C=O) groups is 2. The van der Waals surface area contributed by atoms with Crippen molar-refractivity contribution in [3.63, 3.8) is 0 Å². The number of carbonyl (C=O) groups excluding carboxylic acids is 2. The second-order valence-electron chi connectivity index (χ2n) is 9.51. The Bertz CT molecular complexity index is 1440. The Balaban J connectivity index is 2.09. The van der Waals surface area contributed by atoms with Gasteiger partial charge >= 0.3 is 0 Å². The molecule has 0 saturated carbocycles. The number of anilines is 1. The zero-order valence-electron chi connectivity index (χ0n) is 22.5. The molecule has 0 aliphatic heterocycles. The Labute approximate surface area is 251 Å². The minimum absolute atomic E-state index is 0.0126. The molecule has 0 heterocycles. The molecule has 0 saturated heterocycles. The third kappa shape index (κ3) is 8.61. The summed E-state index contributed by atoms with van der Waals surface area (Å²) in [5.41, 5.74) is 1.63. The van der Waals surface area contributed by atoms with Crippen LogP contribution in [0.1, 0.15) is 31.4 Å². The number of nitrogens with zero attached hydrogens (tertiary/aromatic N) is 2. The van der Waals surface area contributed by atoms with Crippen LogP contribution in [0.4, 0.5) is 5.69 Å². The first-order valence-corrected chi connectivity index (χ1v) is 15.7. The van der Waals surface area contributed by atoms with Gasteiger partial charge in [-0.05, 0) is 48.7 Å². The standard InChI is InChI=1S/C29H32Cl3N3O4S/c1-4-20(2)33-29(37)27(17-21-10-6-5-7-11-21)34(18-22-14-15-23(30)25(32)16-22)28(36)19-35(40(3,38)39)26-13-9-8-12-24(26)31/h5-16,20,27H,4,17-19H2,1-3H3,(H,33,37)/t20-,27-/m0/s1. The summed E-state index contributed by atoms with van der Waals surface area (Å²) >= 11 is 18.7. The molecule has 0 aliphatic carbocycles. The van der Waals surface area contributed by atoms with E-state index in [-0.39, 0.29) is 35.6 Å². The van der Waals surface area contributed by atoms with Gasteiger partial charge in [0.1, 0.15) is 12.6 Å². The largest absolute Gasteiger partial charge is 0.352 e. The first-order valence-electron chi connectivity index (χ1n) is 12.7. The van der Waals surface area contributed by atoms with Crippen LogP contribution in [0, 0.1) is 0 Å². The van der Waals surface area contributed by atoms with Crippen molar-refractivity contribution >= 4 is 62.3 Å². The lowest BCUT2D eigenvalue weighted by Crippen LogP contribution is -2.54. The Hall–Kier alpha value is -2.78. The lowest BCUT2D eigenvalue weighted by Gasteiger charge is -2.34. The number of halogens is 3. The number of nitrogens with one attached hydrogen (secondary N) is 1. The van der Waals surface area contributed by atoms with E-state index in [1.54, 1.807) is 36.4 Å². The van der Waals surface area contributed by atoms with Crippen LogP contribution in [0.5, 0.6) is 0 Å². The molecule has 2 amide bonds. The van der Waals surface area contributed by atoms with Gasteiger partial charge in [-0.15, -0.1) is 0 Å². The number of para-hydroxylation sites is 1. The van der Waals surface area contributed by atoms with E-state index in [4.69, 9.17) is 34.8 Å². The molecule has 3 aromatic carbocycles. The molecule has 0 bridgehead atoms. The number of sulfonamides is 1. The zero-order valence-corrected chi connectivity index (χ0v) is 25.6. The third-order valence-corrected chi connectivity index (χ3v) is 8.59. The predicted octanol–water partition coefficient (Wildman–Crippen LogP) is 5.97. The lowest BCUT2D eigenvalue weighted by molar-refractivity contribution is -0.140. The molecule has 7 nitrogen and oxygen atoms in total. The summed E-state index contributed by atoms with van der Waals surface area (Å²) in [7, 11) is -3.92. The molecule has 0 aromatic heterocycles. The monoisotopic (exact) mass is 623 g/mol. The normalized spacial score (nSPS) is 12.8. The molecular weight excluding hydrogens is 593 g/mol.